The number of para-hydroxylation sites is 2. The number of rotatable bonds is 6. The Bertz CT molecular complexity index is 1980. The van der Waals surface area contributed by atoms with Gasteiger partial charge in [0, 0.05) is 24.6 Å². The average Bonchev–Trinajstić information content (AvgIpc) is 3.72. The third-order valence-electron chi connectivity index (χ3n) is 7.57. The van der Waals surface area contributed by atoms with Crippen molar-refractivity contribution >= 4 is 22.1 Å². The van der Waals surface area contributed by atoms with Crippen LogP contribution in [0.25, 0.3) is 61.7 Å². The fourth-order valence-electron chi connectivity index (χ4n) is 5.69. The van der Waals surface area contributed by atoms with E-state index in [2.05, 4.69) is 105 Å². The quantitative estimate of drug-likeness (QED) is 0.262. The first-order valence-electron chi connectivity index (χ1n) is 13.5. The van der Waals surface area contributed by atoms with E-state index in [0.29, 0.717) is 5.82 Å². The second-order valence-corrected chi connectivity index (χ2v) is 10.0. The molecule has 40 heavy (non-hydrogen) atoms. The summed E-state index contributed by atoms with van der Waals surface area (Å²) in [4.78, 5) is 10.0. The number of aromatic amines is 1. The predicted molar refractivity (Wildman–Crippen MR) is 158 cm³/mol. The van der Waals surface area contributed by atoms with Gasteiger partial charge in [0.2, 0.25) is 5.82 Å². The number of imidazole rings is 2. The van der Waals surface area contributed by atoms with Crippen LogP contribution in [0.3, 0.4) is 0 Å². The fraction of sp³-hybridized carbons (Fsp3) is 0.156. The highest BCUT2D eigenvalue weighted by Crippen LogP contribution is 2.38. The fourth-order valence-corrected chi connectivity index (χ4v) is 5.69. The number of aromatic nitrogens is 8. The number of nitrogens with zero attached hydrogens (tertiary/aromatic N) is 7. The van der Waals surface area contributed by atoms with E-state index in [-0.39, 0.29) is 0 Å². The number of H-pyrrole nitrogens is 1. The van der Waals surface area contributed by atoms with Crippen LogP contribution in [-0.2, 0) is 13.5 Å². The molecule has 196 valence electrons. The zero-order valence-electron chi connectivity index (χ0n) is 22.6. The number of hydrogen-bond acceptors (Lipinski definition) is 5. The van der Waals surface area contributed by atoms with Gasteiger partial charge >= 0.3 is 0 Å². The summed E-state index contributed by atoms with van der Waals surface area (Å²) < 4.78 is 4.44. The molecule has 8 nitrogen and oxygen atoms in total. The minimum absolute atomic E-state index is 0.569. The zero-order chi connectivity index (χ0) is 27.2. The Hall–Kier alpha value is -5.11. The normalized spacial score (nSPS) is 11.6. The van der Waals surface area contributed by atoms with Gasteiger partial charge in [0.1, 0.15) is 11.6 Å². The first-order chi connectivity index (χ1) is 19.6. The van der Waals surface area contributed by atoms with Crippen molar-refractivity contribution in [3.8, 4) is 39.6 Å². The Morgan fingerprint density at radius 2 is 1.60 bits per heavy atom. The molecular weight excluding hydrogens is 496 g/mol. The van der Waals surface area contributed by atoms with Crippen LogP contribution in [0, 0.1) is 6.92 Å². The maximum Gasteiger partial charge on any atom is 0.205 e. The molecule has 8 heteroatoms. The van der Waals surface area contributed by atoms with Crippen molar-refractivity contribution in [2.75, 3.05) is 0 Å². The molecule has 7 rings (SSSR count). The number of aryl methyl sites for hydroxylation is 2. The molecule has 1 N–H and O–H groups in total. The molecule has 0 saturated heterocycles. The number of hydrogen-bond donors (Lipinski definition) is 1. The van der Waals surface area contributed by atoms with E-state index in [4.69, 9.17) is 9.97 Å². The van der Waals surface area contributed by atoms with Gasteiger partial charge in [-0.15, -0.1) is 10.2 Å². The minimum atomic E-state index is 0.569. The first kappa shape index (κ1) is 24.0. The van der Waals surface area contributed by atoms with Crippen molar-refractivity contribution < 1.29 is 0 Å². The lowest BCUT2D eigenvalue weighted by molar-refractivity contribution is 0.816. The third kappa shape index (κ3) is 3.79. The van der Waals surface area contributed by atoms with Crippen LogP contribution in [0.5, 0.6) is 0 Å². The van der Waals surface area contributed by atoms with Gasteiger partial charge in [-0.3, -0.25) is 4.57 Å². The molecule has 0 aliphatic heterocycles. The van der Waals surface area contributed by atoms with E-state index in [1.54, 1.807) is 0 Å². The summed E-state index contributed by atoms with van der Waals surface area (Å²) in [5.41, 5.74) is 10.4. The summed E-state index contributed by atoms with van der Waals surface area (Å²) in [7, 11) is 2.07. The first-order valence-corrected chi connectivity index (χ1v) is 13.5. The van der Waals surface area contributed by atoms with Crippen LogP contribution in [-0.4, -0.2) is 39.7 Å². The second-order valence-electron chi connectivity index (χ2n) is 10.0. The standard InChI is InChI=1S/C32H28N8/c1-4-10-29-33-25-17-15-22(32-34-24-13-8-9-14-27(24)39(32)3)19-28(25)40(29)26-18-16-23(21-11-6-5-7-12-21)30(20(26)2)31-35-37-38-36-31/h5-9,11-19H,4,10H2,1-3H3,(H,35,36,37,38). The Morgan fingerprint density at radius 1 is 0.800 bits per heavy atom. The lowest BCUT2D eigenvalue weighted by Gasteiger charge is -2.18. The van der Waals surface area contributed by atoms with Crippen molar-refractivity contribution in [1.29, 1.82) is 0 Å². The van der Waals surface area contributed by atoms with Crippen molar-refractivity contribution in [3.63, 3.8) is 0 Å². The van der Waals surface area contributed by atoms with Gasteiger partial charge in [-0.1, -0.05) is 55.5 Å². The summed E-state index contributed by atoms with van der Waals surface area (Å²) in [5.74, 6) is 2.52. The van der Waals surface area contributed by atoms with Gasteiger partial charge < -0.3 is 4.57 Å². The molecule has 0 aliphatic carbocycles. The molecule has 0 atom stereocenters. The highest BCUT2D eigenvalue weighted by Gasteiger charge is 2.21. The highest BCUT2D eigenvalue weighted by molar-refractivity contribution is 5.89. The van der Waals surface area contributed by atoms with Gasteiger partial charge in [-0.25, -0.2) is 9.97 Å². The number of fused-ring (bicyclic) bond motifs is 2. The van der Waals surface area contributed by atoms with Crippen LogP contribution < -0.4 is 0 Å². The Balaban J connectivity index is 1.48. The summed E-state index contributed by atoms with van der Waals surface area (Å²) in [6.45, 7) is 4.31. The molecule has 0 radical (unpaired) electrons. The van der Waals surface area contributed by atoms with Crippen LogP contribution in [0.1, 0.15) is 24.7 Å². The Labute approximate surface area is 231 Å². The molecule has 4 aromatic carbocycles. The zero-order valence-corrected chi connectivity index (χ0v) is 22.6. The van der Waals surface area contributed by atoms with Gasteiger partial charge in [-0.2, -0.15) is 5.21 Å². The number of tetrazole rings is 1. The summed E-state index contributed by atoms with van der Waals surface area (Å²) in [5, 5.41) is 15.3. The van der Waals surface area contributed by atoms with Crippen molar-refractivity contribution in [2.24, 2.45) is 7.05 Å². The SMILES string of the molecule is CCCc1nc2ccc(-c3nc4ccccc4n3C)cc2n1-c1ccc(-c2ccccc2)c(-c2nn[nH]n2)c1C. The van der Waals surface area contributed by atoms with Crippen molar-refractivity contribution in [1.82, 2.24) is 39.7 Å². The molecule has 7 aromatic rings. The van der Waals surface area contributed by atoms with E-state index < -0.39 is 0 Å². The predicted octanol–water partition coefficient (Wildman–Crippen LogP) is 6.69. The van der Waals surface area contributed by atoms with E-state index in [9.17, 15) is 0 Å². The Kier molecular flexibility index (Phi) is 5.73. The van der Waals surface area contributed by atoms with E-state index in [1.165, 1.54) is 0 Å². The molecule has 0 saturated carbocycles. The minimum Gasteiger partial charge on any atom is -0.327 e. The van der Waals surface area contributed by atoms with Gasteiger partial charge in [0.05, 0.1) is 27.8 Å². The maximum atomic E-state index is 5.08. The summed E-state index contributed by atoms with van der Waals surface area (Å²) >= 11 is 0. The molecule has 3 heterocycles. The molecule has 0 amide bonds. The molecule has 0 unspecified atom stereocenters. The summed E-state index contributed by atoms with van der Waals surface area (Å²) in [6.07, 6.45) is 1.84. The number of benzene rings is 4. The maximum absolute atomic E-state index is 5.08. The average molecular weight is 525 g/mol. The van der Waals surface area contributed by atoms with Crippen LogP contribution in [0.2, 0.25) is 0 Å². The highest BCUT2D eigenvalue weighted by atomic mass is 15.5. The molecule has 0 fully saturated rings. The summed E-state index contributed by atoms with van der Waals surface area (Å²) in [6, 6.07) is 29.3. The van der Waals surface area contributed by atoms with Crippen molar-refractivity contribution in [2.45, 2.75) is 26.7 Å². The van der Waals surface area contributed by atoms with E-state index >= 15 is 0 Å². The third-order valence-corrected chi connectivity index (χ3v) is 7.57. The Morgan fingerprint density at radius 3 is 2.38 bits per heavy atom. The molecule has 3 aromatic heterocycles. The molecule has 0 spiro atoms. The van der Waals surface area contributed by atoms with Gasteiger partial charge in [0.15, 0.2) is 0 Å². The van der Waals surface area contributed by atoms with Crippen LogP contribution in [0.4, 0.5) is 0 Å². The smallest absolute Gasteiger partial charge is 0.205 e. The van der Waals surface area contributed by atoms with Crippen LogP contribution >= 0.6 is 0 Å². The number of nitrogens with one attached hydrogen (secondary N) is 1. The largest absolute Gasteiger partial charge is 0.327 e. The van der Waals surface area contributed by atoms with Crippen LogP contribution in [0.15, 0.2) is 84.9 Å². The van der Waals surface area contributed by atoms with Gasteiger partial charge in [-0.05, 0) is 71.6 Å². The van der Waals surface area contributed by atoms with E-state index in [1.807, 2.05) is 30.3 Å². The molecular formula is C32H28N8. The molecule has 0 bridgehead atoms. The lowest BCUT2D eigenvalue weighted by Crippen LogP contribution is -2.05. The lowest BCUT2D eigenvalue weighted by atomic mass is 9.94. The second kappa shape index (κ2) is 9.57. The monoisotopic (exact) mass is 524 g/mol. The molecule has 0 aliphatic rings. The van der Waals surface area contributed by atoms with Gasteiger partial charge in [0.25, 0.3) is 0 Å². The van der Waals surface area contributed by atoms with Crippen molar-refractivity contribution in [3.05, 3.63) is 96.3 Å². The van der Waals surface area contributed by atoms with E-state index in [0.717, 1.165) is 80.1 Å². The topological polar surface area (TPSA) is 90.1 Å².